The van der Waals surface area contributed by atoms with E-state index in [1.165, 1.54) is 51.4 Å². The van der Waals surface area contributed by atoms with Crippen LogP contribution in [-0.4, -0.2) is 25.0 Å². The van der Waals surface area contributed by atoms with Crippen molar-refractivity contribution in [3.8, 4) is 0 Å². The van der Waals surface area contributed by atoms with Crippen LogP contribution in [0.4, 0.5) is 0 Å². The molecule has 0 aromatic rings. The zero-order valence-corrected chi connectivity index (χ0v) is 15.8. The molecule has 0 spiro atoms. The first-order chi connectivity index (χ1) is 11.7. The summed E-state index contributed by atoms with van der Waals surface area (Å²) in [6, 6.07) is 0. The van der Waals surface area contributed by atoms with Crippen LogP contribution in [0.15, 0.2) is 4.99 Å². The number of guanidine groups is 1. The van der Waals surface area contributed by atoms with E-state index in [0.29, 0.717) is 13.0 Å². The Morgan fingerprint density at radius 1 is 0.792 bits per heavy atom. The Morgan fingerprint density at radius 2 is 1.33 bits per heavy atom. The molecule has 5 nitrogen and oxygen atoms in total. The Balaban J connectivity index is 3.20. The number of hydrogen-bond acceptors (Lipinski definition) is 2. The quantitative estimate of drug-likeness (QED) is 0.213. The predicted octanol–water partition coefficient (Wildman–Crippen LogP) is 3.86. The predicted molar refractivity (Wildman–Crippen MR) is 104 cm³/mol. The first-order valence-electron chi connectivity index (χ1n) is 9.99. The fraction of sp³-hybridized carbons (Fsp3) is 0.895. The molecule has 142 valence electrons. The van der Waals surface area contributed by atoms with Gasteiger partial charge in [-0.2, -0.15) is 0 Å². The number of amides is 1. The van der Waals surface area contributed by atoms with Crippen molar-refractivity contribution >= 4 is 11.9 Å². The average molecular weight is 341 g/mol. The van der Waals surface area contributed by atoms with E-state index >= 15 is 0 Å². The molecule has 0 bridgehead atoms. The SMILES string of the molecule is CCCCCCCCCCCC(=O)NCCCCCCN=C(N)N. The van der Waals surface area contributed by atoms with Gasteiger partial charge in [0.2, 0.25) is 5.91 Å². The highest BCUT2D eigenvalue weighted by molar-refractivity contribution is 5.76. The number of carbonyl (C=O) groups is 1. The molecular weight excluding hydrogens is 300 g/mol. The Labute approximate surface area is 149 Å². The molecule has 0 aromatic heterocycles. The fourth-order valence-electron chi connectivity index (χ4n) is 2.71. The van der Waals surface area contributed by atoms with Gasteiger partial charge in [0.1, 0.15) is 0 Å². The zero-order valence-electron chi connectivity index (χ0n) is 15.8. The largest absolute Gasteiger partial charge is 0.370 e. The summed E-state index contributed by atoms with van der Waals surface area (Å²) in [6.07, 6.45) is 16.5. The summed E-state index contributed by atoms with van der Waals surface area (Å²) in [4.78, 5) is 15.7. The smallest absolute Gasteiger partial charge is 0.219 e. The van der Waals surface area contributed by atoms with Crippen molar-refractivity contribution < 1.29 is 4.79 Å². The maximum absolute atomic E-state index is 11.7. The Morgan fingerprint density at radius 3 is 1.96 bits per heavy atom. The molecule has 0 aromatic carbocycles. The van der Waals surface area contributed by atoms with E-state index in [1.807, 2.05) is 0 Å². The van der Waals surface area contributed by atoms with Crippen LogP contribution in [0, 0.1) is 0 Å². The molecule has 0 fully saturated rings. The Bertz CT molecular complexity index is 314. The van der Waals surface area contributed by atoms with Gasteiger partial charge >= 0.3 is 0 Å². The van der Waals surface area contributed by atoms with Gasteiger partial charge < -0.3 is 16.8 Å². The Hall–Kier alpha value is -1.26. The van der Waals surface area contributed by atoms with Crippen LogP contribution in [-0.2, 0) is 4.79 Å². The van der Waals surface area contributed by atoms with E-state index in [4.69, 9.17) is 11.5 Å². The minimum Gasteiger partial charge on any atom is -0.370 e. The molecule has 0 atom stereocenters. The fourth-order valence-corrected chi connectivity index (χ4v) is 2.71. The Kier molecular flexibility index (Phi) is 17.1. The molecule has 0 unspecified atom stereocenters. The van der Waals surface area contributed by atoms with Crippen LogP contribution in [0.1, 0.15) is 96.8 Å². The molecule has 0 saturated carbocycles. The second-order valence-corrected chi connectivity index (χ2v) is 6.65. The standard InChI is InChI=1S/C19H40N4O/c1-2-3-4-5-6-7-8-9-12-15-18(24)22-16-13-10-11-14-17-23-19(20)21/h2-17H2,1H3,(H,22,24)(H4,20,21,23). The van der Waals surface area contributed by atoms with Gasteiger partial charge in [-0.3, -0.25) is 9.79 Å². The summed E-state index contributed by atoms with van der Waals surface area (Å²) in [6.45, 7) is 3.74. The van der Waals surface area contributed by atoms with Crippen LogP contribution >= 0.6 is 0 Å². The van der Waals surface area contributed by atoms with Gasteiger partial charge in [0, 0.05) is 19.5 Å². The molecule has 0 aliphatic carbocycles. The van der Waals surface area contributed by atoms with Gasteiger partial charge in [-0.15, -0.1) is 0 Å². The summed E-state index contributed by atoms with van der Waals surface area (Å²) >= 11 is 0. The average Bonchev–Trinajstić information content (AvgIpc) is 2.55. The van der Waals surface area contributed by atoms with Crippen molar-refractivity contribution in [3.63, 3.8) is 0 Å². The number of carbonyl (C=O) groups excluding carboxylic acids is 1. The zero-order chi connectivity index (χ0) is 17.9. The third-order valence-electron chi connectivity index (χ3n) is 4.21. The van der Waals surface area contributed by atoms with E-state index in [0.717, 1.165) is 38.6 Å². The highest BCUT2D eigenvalue weighted by Crippen LogP contribution is 2.10. The van der Waals surface area contributed by atoms with Crippen LogP contribution in [0.5, 0.6) is 0 Å². The molecule has 5 N–H and O–H groups in total. The van der Waals surface area contributed by atoms with Gasteiger partial charge in [-0.05, 0) is 19.3 Å². The number of nitrogens with two attached hydrogens (primary N) is 2. The maximum Gasteiger partial charge on any atom is 0.219 e. The molecule has 5 heteroatoms. The summed E-state index contributed by atoms with van der Waals surface area (Å²) in [5.41, 5.74) is 10.5. The van der Waals surface area contributed by atoms with Crippen molar-refractivity contribution in [1.29, 1.82) is 0 Å². The molecular formula is C19H40N4O. The molecule has 0 heterocycles. The van der Waals surface area contributed by atoms with Crippen molar-refractivity contribution in [1.82, 2.24) is 5.32 Å². The highest BCUT2D eigenvalue weighted by atomic mass is 16.1. The normalized spacial score (nSPS) is 10.5. The first kappa shape index (κ1) is 22.7. The summed E-state index contributed by atoms with van der Waals surface area (Å²) in [7, 11) is 0. The van der Waals surface area contributed by atoms with Crippen LogP contribution < -0.4 is 16.8 Å². The second kappa shape index (κ2) is 18.1. The van der Waals surface area contributed by atoms with Gasteiger partial charge in [-0.25, -0.2) is 0 Å². The molecule has 1 amide bonds. The molecule has 0 rings (SSSR count). The van der Waals surface area contributed by atoms with Crippen molar-refractivity contribution in [2.24, 2.45) is 16.5 Å². The number of nitrogens with one attached hydrogen (secondary N) is 1. The van der Waals surface area contributed by atoms with Crippen LogP contribution in [0.25, 0.3) is 0 Å². The highest BCUT2D eigenvalue weighted by Gasteiger charge is 2.00. The van der Waals surface area contributed by atoms with E-state index in [1.54, 1.807) is 0 Å². The van der Waals surface area contributed by atoms with Crippen LogP contribution in [0.3, 0.4) is 0 Å². The summed E-state index contributed by atoms with van der Waals surface area (Å²) in [5.74, 6) is 0.372. The molecule has 24 heavy (non-hydrogen) atoms. The summed E-state index contributed by atoms with van der Waals surface area (Å²) in [5, 5.41) is 3.01. The van der Waals surface area contributed by atoms with Gasteiger partial charge in [0.15, 0.2) is 5.96 Å². The van der Waals surface area contributed by atoms with E-state index in [9.17, 15) is 4.79 Å². The maximum atomic E-state index is 11.7. The van der Waals surface area contributed by atoms with Gasteiger partial charge in [0.25, 0.3) is 0 Å². The van der Waals surface area contributed by atoms with Crippen LogP contribution in [0.2, 0.25) is 0 Å². The number of nitrogens with zero attached hydrogens (tertiary/aromatic N) is 1. The molecule has 0 aliphatic rings. The van der Waals surface area contributed by atoms with Gasteiger partial charge in [-0.1, -0.05) is 71.1 Å². The van der Waals surface area contributed by atoms with E-state index in [-0.39, 0.29) is 11.9 Å². The second-order valence-electron chi connectivity index (χ2n) is 6.65. The number of unbranched alkanes of at least 4 members (excludes halogenated alkanes) is 11. The number of hydrogen-bond donors (Lipinski definition) is 3. The number of rotatable bonds is 17. The minimum absolute atomic E-state index is 0.166. The lowest BCUT2D eigenvalue weighted by Crippen LogP contribution is -2.24. The number of aliphatic imine (C=N–C) groups is 1. The lowest BCUT2D eigenvalue weighted by molar-refractivity contribution is -0.121. The third-order valence-corrected chi connectivity index (χ3v) is 4.21. The third kappa shape index (κ3) is 18.8. The molecule has 0 aliphatic heterocycles. The van der Waals surface area contributed by atoms with Crippen molar-refractivity contribution in [3.05, 3.63) is 0 Å². The van der Waals surface area contributed by atoms with Gasteiger partial charge in [0.05, 0.1) is 0 Å². The topological polar surface area (TPSA) is 93.5 Å². The molecule has 0 saturated heterocycles. The minimum atomic E-state index is 0.166. The van der Waals surface area contributed by atoms with E-state index in [2.05, 4.69) is 17.2 Å². The molecule has 0 radical (unpaired) electrons. The first-order valence-corrected chi connectivity index (χ1v) is 9.99. The van der Waals surface area contributed by atoms with Crippen molar-refractivity contribution in [2.45, 2.75) is 96.8 Å². The van der Waals surface area contributed by atoms with Crippen molar-refractivity contribution in [2.75, 3.05) is 13.1 Å². The van der Waals surface area contributed by atoms with E-state index < -0.39 is 0 Å². The lowest BCUT2D eigenvalue weighted by Gasteiger charge is -2.05. The lowest BCUT2D eigenvalue weighted by atomic mass is 10.1. The summed E-state index contributed by atoms with van der Waals surface area (Å²) < 4.78 is 0. The monoisotopic (exact) mass is 340 g/mol.